The van der Waals surface area contributed by atoms with Crippen LogP contribution in [-0.2, 0) is 11.4 Å². The maximum atomic E-state index is 5.79. The Kier molecular flexibility index (Phi) is 4.81. The summed E-state index contributed by atoms with van der Waals surface area (Å²) in [5, 5.41) is 4.61. The average Bonchev–Trinajstić information content (AvgIpc) is 2.46. The maximum absolute atomic E-state index is 5.79. The molecule has 0 radical (unpaired) electrons. The zero-order chi connectivity index (χ0) is 13.5. The highest BCUT2D eigenvalue weighted by molar-refractivity contribution is 6.30. The summed E-state index contributed by atoms with van der Waals surface area (Å²) in [5.74, 6) is 0.827. The number of rotatable bonds is 5. The molecule has 2 aromatic rings. The second-order valence-electron chi connectivity index (χ2n) is 3.91. The molecule has 0 aliphatic rings. The molecule has 3 nitrogen and oxygen atoms in total. The van der Waals surface area contributed by atoms with Gasteiger partial charge in [0.25, 0.3) is 0 Å². The van der Waals surface area contributed by atoms with Crippen LogP contribution in [0.2, 0.25) is 5.02 Å². The Labute approximate surface area is 117 Å². The van der Waals surface area contributed by atoms with Crippen molar-refractivity contribution in [3.8, 4) is 5.75 Å². The van der Waals surface area contributed by atoms with Crippen LogP contribution in [0.3, 0.4) is 0 Å². The minimum atomic E-state index is 0.425. The van der Waals surface area contributed by atoms with Crippen molar-refractivity contribution in [1.82, 2.24) is 0 Å². The van der Waals surface area contributed by atoms with E-state index in [1.807, 2.05) is 48.5 Å². The first-order chi connectivity index (χ1) is 9.28. The van der Waals surface area contributed by atoms with Gasteiger partial charge in [-0.15, -0.1) is 0 Å². The highest BCUT2D eigenvalue weighted by atomic mass is 35.5. The molecule has 0 saturated heterocycles. The number of halogens is 1. The highest BCUT2D eigenvalue weighted by Crippen LogP contribution is 2.12. The lowest BCUT2D eigenvalue weighted by Crippen LogP contribution is -1.89. The molecule has 0 saturated carbocycles. The summed E-state index contributed by atoms with van der Waals surface area (Å²) >= 11 is 5.79. The zero-order valence-corrected chi connectivity index (χ0v) is 11.3. The first kappa shape index (κ1) is 13.4. The molecule has 0 aliphatic carbocycles. The molecule has 0 heterocycles. The molecule has 0 aromatic heterocycles. The second kappa shape index (κ2) is 6.81. The lowest BCUT2D eigenvalue weighted by atomic mass is 10.2. The Morgan fingerprint density at radius 2 is 1.74 bits per heavy atom. The van der Waals surface area contributed by atoms with Crippen molar-refractivity contribution in [2.24, 2.45) is 5.16 Å². The average molecular weight is 276 g/mol. The number of benzene rings is 2. The summed E-state index contributed by atoms with van der Waals surface area (Å²) in [7, 11) is 1.64. The van der Waals surface area contributed by atoms with Crippen molar-refractivity contribution in [2.45, 2.75) is 6.61 Å². The van der Waals surface area contributed by atoms with Gasteiger partial charge in [0.2, 0.25) is 0 Å². The fourth-order valence-corrected chi connectivity index (χ4v) is 1.61. The summed E-state index contributed by atoms with van der Waals surface area (Å²) in [6.07, 6.45) is 1.65. The van der Waals surface area contributed by atoms with Gasteiger partial charge in [0.15, 0.2) is 0 Å². The predicted octanol–water partition coefficient (Wildman–Crippen LogP) is 3.90. The van der Waals surface area contributed by atoms with Crippen molar-refractivity contribution in [3.63, 3.8) is 0 Å². The molecule has 0 unspecified atom stereocenters. The molecule has 19 heavy (non-hydrogen) atoms. The molecule has 2 aromatic carbocycles. The zero-order valence-electron chi connectivity index (χ0n) is 10.5. The van der Waals surface area contributed by atoms with Crippen LogP contribution in [0.1, 0.15) is 11.1 Å². The van der Waals surface area contributed by atoms with Crippen molar-refractivity contribution in [1.29, 1.82) is 0 Å². The Morgan fingerprint density at radius 3 is 2.37 bits per heavy atom. The van der Waals surface area contributed by atoms with Gasteiger partial charge in [-0.25, -0.2) is 0 Å². The van der Waals surface area contributed by atoms with Gasteiger partial charge in [-0.1, -0.05) is 41.0 Å². The number of oxime groups is 1. The molecule has 0 bridgehead atoms. The van der Waals surface area contributed by atoms with E-state index < -0.39 is 0 Å². The number of hydrogen-bond acceptors (Lipinski definition) is 3. The van der Waals surface area contributed by atoms with Crippen molar-refractivity contribution >= 4 is 17.8 Å². The van der Waals surface area contributed by atoms with Crippen LogP contribution < -0.4 is 4.74 Å². The lowest BCUT2D eigenvalue weighted by molar-refractivity contribution is 0.132. The molecule has 0 spiro atoms. The summed E-state index contributed by atoms with van der Waals surface area (Å²) < 4.78 is 5.08. The van der Waals surface area contributed by atoms with Crippen LogP contribution in [-0.4, -0.2) is 13.3 Å². The van der Waals surface area contributed by atoms with Gasteiger partial charge in [0.1, 0.15) is 12.4 Å². The van der Waals surface area contributed by atoms with E-state index in [0.29, 0.717) is 11.6 Å². The minimum absolute atomic E-state index is 0.425. The SMILES string of the molecule is COc1ccc(CON=Cc2ccc(Cl)cc2)cc1. The van der Waals surface area contributed by atoms with E-state index in [2.05, 4.69) is 5.16 Å². The van der Waals surface area contributed by atoms with E-state index in [1.165, 1.54) is 0 Å². The maximum Gasteiger partial charge on any atom is 0.142 e. The molecule has 98 valence electrons. The molecular formula is C15H14ClNO2. The molecular weight excluding hydrogens is 262 g/mol. The van der Waals surface area contributed by atoms with E-state index in [9.17, 15) is 0 Å². The molecule has 0 fully saturated rings. The van der Waals surface area contributed by atoms with Crippen LogP contribution in [0.4, 0.5) is 0 Å². The van der Waals surface area contributed by atoms with Crippen LogP contribution in [0.25, 0.3) is 0 Å². The van der Waals surface area contributed by atoms with E-state index in [-0.39, 0.29) is 0 Å². The summed E-state index contributed by atoms with van der Waals surface area (Å²) in [5.41, 5.74) is 1.98. The summed E-state index contributed by atoms with van der Waals surface area (Å²) in [4.78, 5) is 5.22. The summed E-state index contributed by atoms with van der Waals surface area (Å²) in [6.45, 7) is 0.425. The molecule has 4 heteroatoms. The molecule has 2 rings (SSSR count). The Hall–Kier alpha value is -2.00. The van der Waals surface area contributed by atoms with E-state index in [1.54, 1.807) is 13.3 Å². The Balaban J connectivity index is 1.83. The van der Waals surface area contributed by atoms with Gasteiger partial charge in [0, 0.05) is 5.02 Å². The number of hydrogen-bond donors (Lipinski definition) is 0. The van der Waals surface area contributed by atoms with E-state index >= 15 is 0 Å². The Morgan fingerprint density at radius 1 is 1.05 bits per heavy atom. The van der Waals surface area contributed by atoms with Crippen LogP contribution >= 0.6 is 11.6 Å². The quantitative estimate of drug-likeness (QED) is 0.612. The molecule has 0 amide bonds. The standard InChI is InChI=1S/C15H14ClNO2/c1-18-15-8-4-13(5-9-15)11-19-17-10-12-2-6-14(16)7-3-12/h2-10H,11H2,1H3. The largest absolute Gasteiger partial charge is 0.497 e. The molecule has 0 N–H and O–H groups in total. The topological polar surface area (TPSA) is 30.8 Å². The fraction of sp³-hybridized carbons (Fsp3) is 0.133. The predicted molar refractivity (Wildman–Crippen MR) is 76.8 cm³/mol. The van der Waals surface area contributed by atoms with Gasteiger partial charge >= 0.3 is 0 Å². The van der Waals surface area contributed by atoms with Gasteiger partial charge < -0.3 is 9.57 Å². The third-order valence-corrected chi connectivity index (χ3v) is 2.79. The van der Waals surface area contributed by atoms with E-state index in [0.717, 1.165) is 16.9 Å². The normalized spacial score (nSPS) is 10.6. The van der Waals surface area contributed by atoms with Gasteiger partial charge in [-0.3, -0.25) is 0 Å². The first-order valence-corrected chi connectivity index (χ1v) is 6.19. The lowest BCUT2D eigenvalue weighted by Gasteiger charge is -2.02. The van der Waals surface area contributed by atoms with Crippen molar-refractivity contribution in [3.05, 3.63) is 64.7 Å². The third kappa shape index (κ3) is 4.30. The van der Waals surface area contributed by atoms with Gasteiger partial charge in [-0.2, -0.15) is 0 Å². The minimum Gasteiger partial charge on any atom is -0.497 e. The second-order valence-corrected chi connectivity index (χ2v) is 4.34. The monoisotopic (exact) mass is 275 g/mol. The number of methoxy groups -OCH3 is 1. The van der Waals surface area contributed by atoms with E-state index in [4.69, 9.17) is 21.2 Å². The first-order valence-electron chi connectivity index (χ1n) is 5.82. The third-order valence-electron chi connectivity index (χ3n) is 2.54. The number of nitrogens with zero attached hydrogens (tertiary/aromatic N) is 1. The van der Waals surface area contributed by atoms with Gasteiger partial charge in [-0.05, 0) is 35.4 Å². The highest BCUT2D eigenvalue weighted by Gasteiger charge is 1.94. The van der Waals surface area contributed by atoms with Gasteiger partial charge in [0.05, 0.1) is 13.3 Å². The molecule has 0 atom stereocenters. The summed E-state index contributed by atoms with van der Waals surface area (Å²) in [6, 6.07) is 15.0. The van der Waals surface area contributed by atoms with Crippen LogP contribution in [0.5, 0.6) is 5.75 Å². The van der Waals surface area contributed by atoms with Crippen LogP contribution in [0, 0.1) is 0 Å². The Bertz CT molecular complexity index is 535. The molecule has 0 aliphatic heterocycles. The smallest absolute Gasteiger partial charge is 0.142 e. The van der Waals surface area contributed by atoms with Crippen LogP contribution in [0.15, 0.2) is 53.7 Å². The van der Waals surface area contributed by atoms with Crippen molar-refractivity contribution < 1.29 is 9.57 Å². The number of ether oxygens (including phenoxy) is 1. The fourth-order valence-electron chi connectivity index (χ4n) is 1.48. The van der Waals surface area contributed by atoms with Crippen molar-refractivity contribution in [2.75, 3.05) is 7.11 Å².